The molecule has 1 aromatic heterocycles. The number of nitrogens with one attached hydrogen (secondary N) is 1. The Morgan fingerprint density at radius 3 is 2.37 bits per heavy atom. The molecule has 152 valence electrons. The fourth-order valence-corrected chi connectivity index (χ4v) is 3.25. The first-order valence-corrected chi connectivity index (χ1v) is 9.60. The van der Waals surface area contributed by atoms with Crippen molar-refractivity contribution in [2.45, 2.75) is 6.04 Å². The number of primary amides is 1. The molecule has 4 N–H and O–H groups in total. The Morgan fingerprint density at radius 2 is 1.73 bits per heavy atom. The SMILES string of the molecule is NC(=O)C1N=C(c2ccccc2)c2ccccc2NC1=O.O=C(O)Oc1cccs1. The van der Waals surface area contributed by atoms with Crippen LogP contribution in [0.1, 0.15) is 11.1 Å². The Kier molecular flexibility index (Phi) is 6.56. The van der Waals surface area contributed by atoms with Gasteiger partial charge < -0.3 is 20.9 Å². The molecule has 3 aromatic rings. The van der Waals surface area contributed by atoms with Crippen molar-refractivity contribution in [3.8, 4) is 5.06 Å². The van der Waals surface area contributed by atoms with Gasteiger partial charge in [0.25, 0.3) is 11.8 Å². The molecule has 1 unspecified atom stereocenters. The summed E-state index contributed by atoms with van der Waals surface area (Å²) < 4.78 is 4.29. The zero-order chi connectivity index (χ0) is 21.5. The Hall–Kier alpha value is -3.98. The number of thiophene rings is 1. The number of hydrogen-bond donors (Lipinski definition) is 3. The monoisotopic (exact) mass is 423 g/mol. The fraction of sp³-hybridized carbons (Fsp3) is 0.0476. The molecule has 0 saturated heterocycles. The van der Waals surface area contributed by atoms with Gasteiger partial charge in [-0.25, -0.2) is 4.79 Å². The summed E-state index contributed by atoms with van der Waals surface area (Å²) in [6, 6.07) is 18.8. The molecule has 0 bridgehead atoms. The van der Waals surface area contributed by atoms with Crippen molar-refractivity contribution in [3.63, 3.8) is 0 Å². The molecule has 0 aliphatic carbocycles. The minimum atomic E-state index is -1.27. The minimum absolute atomic E-state index is 0.405. The molecule has 0 spiro atoms. The van der Waals surface area contributed by atoms with Gasteiger partial charge in [0.1, 0.15) is 0 Å². The van der Waals surface area contributed by atoms with Crippen LogP contribution < -0.4 is 15.8 Å². The zero-order valence-electron chi connectivity index (χ0n) is 15.5. The number of fused-ring (bicyclic) bond motifs is 1. The quantitative estimate of drug-likeness (QED) is 0.440. The summed E-state index contributed by atoms with van der Waals surface area (Å²) in [6.45, 7) is 0. The van der Waals surface area contributed by atoms with E-state index in [1.165, 1.54) is 11.3 Å². The van der Waals surface area contributed by atoms with E-state index in [1.807, 2.05) is 48.5 Å². The molecular formula is C21H17N3O5S. The molecule has 4 rings (SSSR count). The number of benzene rings is 2. The maximum atomic E-state index is 12.1. The molecule has 2 amide bonds. The summed E-state index contributed by atoms with van der Waals surface area (Å²) in [6.07, 6.45) is -1.27. The number of amides is 2. The van der Waals surface area contributed by atoms with Gasteiger partial charge in [0.15, 0.2) is 5.06 Å². The molecule has 30 heavy (non-hydrogen) atoms. The number of rotatable bonds is 3. The number of benzodiazepines with no additional fused rings is 1. The number of nitrogens with two attached hydrogens (primary N) is 1. The smallest absolute Gasteiger partial charge is 0.449 e. The first kappa shape index (κ1) is 20.7. The normalized spacial score (nSPS) is 14.7. The van der Waals surface area contributed by atoms with Gasteiger partial charge in [-0.3, -0.25) is 14.6 Å². The summed E-state index contributed by atoms with van der Waals surface area (Å²) in [5.74, 6) is -1.28. The van der Waals surface area contributed by atoms with E-state index in [9.17, 15) is 14.4 Å². The number of carbonyl (C=O) groups is 3. The highest BCUT2D eigenvalue weighted by Gasteiger charge is 2.29. The Morgan fingerprint density at radius 1 is 1.03 bits per heavy atom. The van der Waals surface area contributed by atoms with Gasteiger partial charge in [-0.05, 0) is 23.6 Å². The summed E-state index contributed by atoms with van der Waals surface area (Å²) >= 11 is 1.25. The van der Waals surface area contributed by atoms with Gasteiger partial charge in [-0.15, -0.1) is 11.3 Å². The van der Waals surface area contributed by atoms with E-state index >= 15 is 0 Å². The van der Waals surface area contributed by atoms with Crippen LogP contribution >= 0.6 is 11.3 Å². The van der Waals surface area contributed by atoms with Crippen molar-refractivity contribution in [2.24, 2.45) is 10.7 Å². The topological polar surface area (TPSA) is 131 Å². The van der Waals surface area contributed by atoms with Gasteiger partial charge in [0, 0.05) is 11.1 Å². The third-order valence-electron chi connectivity index (χ3n) is 3.95. The van der Waals surface area contributed by atoms with Crippen LogP contribution in [0, 0.1) is 0 Å². The van der Waals surface area contributed by atoms with Gasteiger partial charge in [0.05, 0.1) is 11.4 Å². The Balaban J connectivity index is 0.000000239. The molecule has 2 heterocycles. The number of aliphatic imine (C=N–C) groups is 1. The zero-order valence-corrected chi connectivity index (χ0v) is 16.3. The molecule has 0 radical (unpaired) electrons. The summed E-state index contributed by atoms with van der Waals surface area (Å²) in [7, 11) is 0. The first-order valence-electron chi connectivity index (χ1n) is 8.73. The van der Waals surface area contributed by atoms with Crippen LogP contribution in [-0.2, 0) is 9.59 Å². The number of ether oxygens (including phenoxy) is 1. The van der Waals surface area contributed by atoms with E-state index in [4.69, 9.17) is 10.8 Å². The van der Waals surface area contributed by atoms with Crippen molar-refractivity contribution >= 4 is 40.7 Å². The van der Waals surface area contributed by atoms with E-state index in [-0.39, 0.29) is 0 Å². The van der Waals surface area contributed by atoms with Gasteiger partial charge in [0.2, 0.25) is 6.04 Å². The second kappa shape index (κ2) is 9.48. The number of carboxylic acid groups (broad SMARTS) is 1. The highest BCUT2D eigenvalue weighted by molar-refractivity contribution is 7.11. The van der Waals surface area contributed by atoms with Crippen molar-refractivity contribution in [1.29, 1.82) is 0 Å². The second-order valence-corrected chi connectivity index (χ2v) is 6.89. The predicted molar refractivity (Wildman–Crippen MR) is 113 cm³/mol. The third kappa shape index (κ3) is 5.09. The molecule has 8 nitrogen and oxygen atoms in total. The predicted octanol–water partition coefficient (Wildman–Crippen LogP) is 3.13. The summed E-state index contributed by atoms with van der Waals surface area (Å²) in [4.78, 5) is 37.7. The van der Waals surface area contributed by atoms with E-state index in [1.54, 1.807) is 23.6 Å². The van der Waals surface area contributed by atoms with E-state index in [0.29, 0.717) is 16.5 Å². The lowest BCUT2D eigenvalue weighted by Crippen LogP contribution is -2.37. The largest absolute Gasteiger partial charge is 0.512 e. The van der Waals surface area contributed by atoms with Crippen molar-refractivity contribution in [1.82, 2.24) is 0 Å². The lowest BCUT2D eigenvalue weighted by Gasteiger charge is -2.09. The van der Waals surface area contributed by atoms with Crippen LogP contribution in [0.25, 0.3) is 0 Å². The van der Waals surface area contributed by atoms with Crippen molar-refractivity contribution < 1.29 is 24.2 Å². The average molecular weight is 423 g/mol. The molecular weight excluding hydrogens is 406 g/mol. The third-order valence-corrected chi connectivity index (χ3v) is 4.69. The molecule has 1 aliphatic heterocycles. The van der Waals surface area contributed by atoms with Crippen LogP contribution in [0.4, 0.5) is 10.5 Å². The fourth-order valence-electron chi connectivity index (χ4n) is 2.68. The Bertz CT molecular complexity index is 1080. The van der Waals surface area contributed by atoms with E-state index < -0.39 is 24.0 Å². The highest BCUT2D eigenvalue weighted by Crippen LogP contribution is 2.24. The van der Waals surface area contributed by atoms with Crippen molar-refractivity contribution in [2.75, 3.05) is 5.32 Å². The van der Waals surface area contributed by atoms with Gasteiger partial charge in [-0.2, -0.15) is 0 Å². The lowest BCUT2D eigenvalue weighted by atomic mass is 10.0. The molecule has 0 saturated carbocycles. The van der Waals surface area contributed by atoms with E-state index in [0.717, 1.165) is 11.1 Å². The first-order chi connectivity index (χ1) is 14.5. The minimum Gasteiger partial charge on any atom is -0.449 e. The standard InChI is InChI=1S/C16H13N3O2.C5H4O3S/c17-15(20)14-16(21)18-12-9-5-4-8-11(12)13(19-14)10-6-2-1-3-7-10;6-5(7)8-4-2-1-3-9-4/h1-9,14H,(H2,17,20)(H,18,21);1-3H,(H,6,7). The van der Waals surface area contributed by atoms with Crippen LogP contribution in [0.2, 0.25) is 0 Å². The highest BCUT2D eigenvalue weighted by atomic mass is 32.1. The second-order valence-electron chi connectivity index (χ2n) is 5.98. The number of hydrogen-bond acceptors (Lipinski definition) is 6. The van der Waals surface area contributed by atoms with E-state index in [2.05, 4.69) is 15.0 Å². The van der Waals surface area contributed by atoms with Crippen LogP contribution in [0.5, 0.6) is 5.06 Å². The van der Waals surface area contributed by atoms with Gasteiger partial charge in [-0.1, -0.05) is 48.5 Å². The average Bonchev–Trinajstić information content (AvgIpc) is 3.17. The molecule has 0 fully saturated rings. The number of carbonyl (C=O) groups excluding carboxylic acids is 2. The lowest BCUT2D eigenvalue weighted by molar-refractivity contribution is -0.126. The van der Waals surface area contributed by atoms with Crippen LogP contribution in [0.15, 0.2) is 77.1 Å². The summed E-state index contributed by atoms with van der Waals surface area (Å²) in [5.41, 5.74) is 8.08. The number of anilines is 1. The van der Waals surface area contributed by atoms with Gasteiger partial charge >= 0.3 is 6.16 Å². The molecule has 2 aromatic carbocycles. The molecule has 1 aliphatic rings. The Labute approximate surface area is 175 Å². The number of nitrogens with zero attached hydrogens (tertiary/aromatic N) is 1. The molecule has 1 atom stereocenters. The number of para-hydroxylation sites is 1. The van der Waals surface area contributed by atoms with Crippen LogP contribution in [0.3, 0.4) is 0 Å². The maximum absolute atomic E-state index is 12.1. The van der Waals surface area contributed by atoms with Crippen molar-refractivity contribution in [3.05, 3.63) is 83.2 Å². The van der Waals surface area contributed by atoms with Crippen LogP contribution in [-0.4, -0.2) is 34.8 Å². The summed E-state index contributed by atoms with van der Waals surface area (Å²) in [5, 5.41) is 12.9. The molecule has 9 heteroatoms. The maximum Gasteiger partial charge on any atom is 0.512 e.